The number of aromatic nitrogens is 3. The van der Waals surface area contributed by atoms with Gasteiger partial charge in [0, 0.05) is 6.54 Å². The van der Waals surface area contributed by atoms with Gasteiger partial charge in [0.05, 0.1) is 26.6 Å². The zero-order valence-electron chi connectivity index (χ0n) is 19.4. The van der Waals surface area contributed by atoms with E-state index in [9.17, 15) is 13.5 Å². The minimum absolute atomic E-state index is 0.00558. The summed E-state index contributed by atoms with van der Waals surface area (Å²) < 4.78 is 38.9. The number of sulfonamides is 1. The van der Waals surface area contributed by atoms with Crippen molar-refractivity contribution < 1.29 is 23.0 Å². The molecule has 0 saturated heterocycles. The second kappa shape index (κ2) is 9.36. The lowest BCUT2D eigenvalue weighted by molar-refractivity contribution is 0.404. The molecule has 0 unspecified atom stereocenters. The summed E-state index contributed by atoms with van der Waals surface area (Å²) in [5.74, 6) is 1.17. The van der Waals surface area contributed by atoms with Crippen molar-refractivity contribution in [3.8, 4) is 17.2 Å². The fourth-order valence-corrected chi connectivity index (χ4v) is 4.70. The molecule has 1 aliphatic rings. The number of hydrogen-bond donors (Lipinski definition) is 1. The first-order valence-corrected chi connectivity index (χ1v) is 14.6. The van der Waals surface area contributed by atoms with E-state index in [2.05, 4.69) is 45.4 Å². The van der Waals surface area contributed by atoms with Crippen molar-refractivity contribution in [1.82, 2.24) is 14.8 Å². The maximum atomic E-state index is 12.8. The fourth-order valence-electron chi connectivity index (χ4n) is 3.02. The van der Waals surface area contributed by atoms with Crippen LogP contribution in [0.25, 0.3) is 11.4 Å². The predicted octanol–water partition coefficient (Wildman–Crippen LogP) is 2.15. The van der Waals surface area contributed by atoms with Crippen LogP contribution in [0, 0.1) is 0 Å². The first-order chi connectivity index (χ1) is 15.5. The van der Waals surface area contributed by atoms with E-state index in [1.54, 1.807) is 12.1 Å². The molecule has 12 heteroatoms. The van der Waals surface area contributed by atoms with Crippen molar-refractivity contribution in [3.05, 3.63) is 41.6 Å². The highest BCUT2D eigenvalue weighted by Crippen LogP contribution is 2.39. The Morgan fingerprint density at radius 1 is 1.12 bits per heavy atom. The number of aromatic hydroxyl groups is 1. The maximum absolute atomic E-state index is 12.8. The predicted molar refractivity (Wildman–Crippen MR) is 131 cm³/mol. The zero-order chi connectivity index (χ0) is 24.4. The van der Waals surface area contributed by atoms with Gasteiger partial charge in [0.15, 0.2) is 11.5 Å². The van der Waals surface area contributed by atoms with Crippen molar-refractivity contribution >= 4 is 37.6 Å². The van der Waals surface area contributed by atoms with Gasteiger partial charge in [-0.1, -0.05) is 11.8 Å². The van der Waals surface area contributed by atoms with Crippen molar-refractivity contribution in [2.45, 2.75) is 0 Å². The summed E-state index contributed by atoms with van der Waals surface area (Å²) in [4.78, 5) is 4.33. The lowest BCUT2D eigenvalue weighted by atomic mass is 10.2. The molecule has 2 heterocycles. The Morgan fingerprint density at radius 3 is 2.45 bits per heavy atom. The van der Waals surface area contributed by atoms with Gasteiger partial charge in [0.25, 0.3) is 0 Å². The molecule has 0 aliphatic carbocycles. The molecule has 2 aromatic rings. The Hall–Kier alpha value is -3.17. The van der Waals surface area contributed by atoms with Crippen LogP contribution in [0.4, 0.5) is 5.95 Å². The van der Waals surface area contributed by atoms with Crippen LogP contribution in [0.5, 0.6) is 11.5 Å². The van der Waals surface area contributed by atoms with E-state index in [0.29, 0.717) is 11.5 Å². The molecule has 1 aliphatic heterocycles. The minimum atomic E-state index is -3.75. The molecule has 33 heavy (non-hydrogen) atoms. The molecule has 1 aromatic carbocycles. The summed E-state index contributed by atoms with van der Waals surface area (Å²) in [6, 6.07) is 4.72. The number of aliphatic imine (C=N–C) groups is 1. The van der Waals surface area contributed by atoms with E-state index in [0.717, 1.165) is 6.26 Å². The van der Waals surface area contributed by atoms with Crippen LogP contribution in [-0.4, -0.2) is 85.7 Å². The molecule has 0 bridgehead atoms. The first-order valence-electron chi connectivity index (χ1n) is 9.76. The Bertz CT molecular complexity index is 1290. The van der Waals surface area contributed by atoms with E-state index in [1.807, 2.05) is 0 Å². The smallest absolute Gasteiger partial charge is 0.246 e. The first kappa shape index (κ1) is 24.5. The largest absolute Gasteiger partial charge is 0.506 e. The number of phenolic OH excluding ortho intramolecular Hbond substituents is 1. The van der Waals surface area contributed by atoms with Crippen LogP contribution in [0.3, 0.4) is 0 Å². The van der Waals surface area contributed by atoms with Crippen LogP contribution < -0.4 is 9.04 Å². The van der Waals surface area contributed by atoms with Gasteiger partial charge >= 0.3 is 0 Å². The third-order valence-corrected chi connectivity index (χ3v) is 7.18. The molecule has 10 nitrogen and oxygen atoms in total. The molecule has 0 fully saturated rings. The van der Waals surface area contributed by atoms with E-state index >= 15 is 0 Å². The number of nitrogens with zero attached hydrogens (tertiary/aromatic N) is 5. The van der Waals surface area contributed by atoms with E-state index < -0.39 is 20.1 Å². The number of methoxy groups -OCH3 is 2. The number of anilines is 1. The van der Waals surface area contributed by atoms with Gasteiger partial charge in [0.2, 0.25) is 21.9 Å². The van der Waals surface area contributed by atoms with Gasteiger partial charge < -0.3 is 14.6 Å². The van der Waals surface area contributed by atoms with Crippen LogP contribution >= 0.6 is 10.0 Å². The molecule has 0 spiro atoms. The summed E-state index contributed by atoms with van der Waals surface area (Å²) in [7, 11) is -1.86. The molecule has 0 radical (unpaired) electrons. The number of para-hydroxylation sites is 1. The number of rotatable bonds is 8. The van der Waals surface area contributed by atoms with Gasteiger partial charge in [-0.15, -0.1) is 10.2 Å². The lowest BCUT2D eigenvalue weighted by Crippen LogP contribution is -2.35. The molecule has 3 rings (SSSR count). The zero-order valence-corrected chi connectivity index (χ0v) is 21.0. The van der Waals surface area contributed by atoms with Crippen molar-refractivity contribution in [3.63, 3.8) is 0 Å². The molecule has 0 saturated carbocycles. The highest BCUT2D eigenvalue weighted by molar-refractivity contribution is 8.32. The van der Waals surface area contributed by atoms with Gasteiger partial charge in [-0.2, -0.15) is 0 Å². The molecule has 178 valence electrons. The monoisotopic (exact) mass is 493 g/mol. The quantitative estimate of drug-likeness (QED) is 0.560. The average molecular weight is 494 g/mol. The number of ether oxygens (including phenoxy) is 2. The third kappa shape index (κ3) is 5.43. The summed E-state index contributed by atoms with van der Waals surface area (Å²) >= 11 is 0. The average Bonchev–Trinajstić information content (AvgIpc) is 3.15. The topological polar surface area (TPSA) is 119 Å². The van der Waals surface area contributed by atoms with Crippen molar-refractivity contribution in [1.29, 1.82) is 0 Å². The lowest BCUT2D eigenvalue weighted by Gasteiger charge is -2.29. The Morgan fingerprint density at radius 2 is 1.85 bits per heavy atom. The SMILES string of the molecule is COC1=NC(c2nnc(N(CCS(C)(C)C)S(C)(=O)=O)n2-c2c(O)cccc2OC)=C=C=C1. The molecular formula is C21H27N5O5S2. The number of benzene rings is 1. The number of hydrogen-bond acceptors (Lipinski definition) is 8. The van der Waals surface area contributed by atoms with Gasteiger partial charge in [-0.3, -0.25) is 4.57 Å². The Kier molecular flexibility index (Phi) is 6.94. The van der Waals surface area contributed by atoms with Crippen molar-refractivity contribution in [2.75, 3.05) is 55.8 Å². The van der Waals surface area contributed by atoms with Crippen molar-refractivity contribution in [2.24, 2.45) is 4.99 Å². The van der Waals surface area contributed by atoms with E-state index in [4.69, 9.17) is 9.47 Å². The van der Waals surface area contributed by atoms with Gasteiger partial charge in [0.1, 0.15) is 17.2 Å². The third-order valence-electron chi connectivity index (χ3n) is 4.63. The van der Waals surface area contributed by atoms with Gasteiger partial charge in [-0.05, 0) is 42.4 Å². The molecule has 0 atom stereocenters. The normalized spacial score (nSPS) is 14.0. The maximum Gasteiger partial charge on any atom is 0.246 e. The molecule has 1 N–H and O–H groups in total. The highest BCUT2D eigenvalue weighted by Gasteiger charge is 2.31. The molecular weight excluding hydrogens is 466 g/mol. The van der Waals surface area contributed by atoms with Crippen LogP contribution in [0.1, 0.15) is 5.82 Å². The summed E-state index contributed by atoms with van der Waals surface area (Å²) in [5, 5.41) is 19.2. The standard InChI is InChI=1S/C21H27N5O5S2/c1-30-17-11-8-10-16(27)19(17)26-20(15-9-7-12-18(22-15)31-2)23-24-21(26)25(33(6,28)29)13-14-32(3,4)5/h8,10-12,27H,13-14H2,1-6H3. The molecule has 0 amide bonds. The summed E-state index contributed by atoms with van der Waals surface area (Å²) in [5.41, 5.74) is 6.02. The van der Waals surface area contributed by atoms with E-state index in [1.165, 1.54) is 35.2 Å². The Balaban J connectivity index is 2.33. The Labute approximate surface area is 194 Å². The highest BCUT2D eigenvalue weighted by atomic mass is 32.3. The van der Waals surface area contributed by atoms with E-state index in [-0.39, 0.29) is 41.3 Å². The second-order valence-corrected chi connectivity index (χ2v) is 14.5. The van der Waals surface area contributed by atoms with Crippen LogP contribution in [0.15, 0.2) is 40.7 Å². The minimum Gasteiger partial charge on any atom is -0.506 e. The molecule has 1 aromatic heterocycles. The summed E-state index contributed by atoms with van der Waals surface area (Å²) in [6.07, 6.45) is 8.90. The summed E-state index contributed by atoms with van der Waals surface area (Å²) in [6.45, 7) is 0.188. The van der Waals surface area contributed by atoms with Crippen LogP contribution in [0.2, 0.25) is 0 Å². The van der Waals surface area contributed by atoms with Crippen LogP contribution in [-0.2, 0) is 14.8 Å². The van der Waals surface area contributed by atoms with Gasteiger partial charge in [-0.25, -0.2) is 27.7 Å². The fraction of sp³-hybridized carbons (Fsp3) is 0.381. The number of phenols is 1. The second-order valence-electron chi connectivity index (χ2n) is 8.03.